The Morgan fingerprint density at radius 3 is 2.32 bits per heavy atom. The van der Waals surface area contributed by atoms with Crippen LogP contribution in [0, 0.1) is 12.8 Å². The average molecular weight is 346 g/mol. The number of aryl methyl sites for hydroxylation is 1. The zero-order valence-corrected chi connectivity index (χ0v) is 15.7. The molecule has 1 heterocycles. The quantitative estimate of drug-likeness (QED) is 0.888. The minimum absolute atomic E-state index is 0.0773. The van der Waals surface area contributed by atoms with Crippen LogP contribution in [0.3, 0.4) is 0 Å². The third-order valence-electron chi connectivity index (χ3n) is 4.75. The fourth-order valence-electron chi connectivity index (χ4n) is 3.32. The maximum absolute atomic E-state index is 12.8. The molecule has 1 fully saturated rings. The molecule has 1 aromatic rings. The van der Waals surface area contributed by atoms with Gasteiger partial charge in [0.15, 0.2) is 0 Å². The standard InChI is InChI=1S/C20H30N2O3/c1-5-25-20(24)22-12-10-17(11-13-22)21-19(23)18(14(2)3)16-8-6-15(4)7-9-16/h6-9,14,17-18H,5,10-13H2,1-4H3,(H,21,23). The highest BCUT2D eigenvalue weighted by atomic mass is 16.6. The number of amides is 2. The zero-order valence-electron chi connectivity index (χ0n) is 15.7. The molecule has 5 heteroatoms. The van der Waals surface area contributed by atoms with Gasteiger partial charge in [0.2, 0.25) is 5.91 Å². The van der Waals surface area contributed by atoms with Gasteiger partial charge in [-0.3, -0.25) is 4.79 Å². The van der Waals surface area contributed by atoms with Gasteiger partial charge in [0.25, 0.3) is 0 Å². The van der Waals surface area contributed by atoms with Gasteiger partial charge >= 0.3 is 6.09 Å². The molecular weight excluding hydrogens is 316 g/mol. The van der Waals surface area contributed by atoms with Crippen LogP contribution in [0.2, 0.25) is 0 Å². The van der Waals surface area contributed by atoms with E-state index in [1.807, 2.05) is 26.0 Å². The van der Waals surface area contributed by atoms with Gasteiger partial charge in [-0.05, 0) is 38.2 Å². The summed E-state index contributed by atoms with van der Waals surface area (Å²) in [5.74, 6) is 0.152. The second kappa shape index (κ2) is 8.88. The number of benzene rings is 1. The SMILES string of the molecule is CCOC(=O)N1CCC(NC(=O)C(c2ccc(C)cc2)C(C)C)CC1. The molecule has 0 aliphatic carbocycles. The summed E-state index contributed by atoms with van der Waals surface area (Å²) in [4.78, 5) is 26.3. The summed E-state index contributed by atoms with van der Waals surface area (Å²) in [5, 5.41) is 3.19. The van der Waals surface area contributed by atoms with E-state index in [4.69, 9.17) is 4.74 Å². The number of nitrogens with zero attached hydrogens (tertiary/aromatic N) is 1. The van der Waals surface area contributed by atoms with Gasteiger partial charge in [-0.15, -0.1) is 0 Å². The number of likely N-dealkylation sites (tertiary alicyclic amines) is 1. The molecule has 0 bridgehead atoms. The Kier molecular flexibility index (Phi) is 6.85. The highest BCUT2D eigenvalue weighted by Crippen LogP contribution is 2.26. The van der Waals surface area contributed by atoms with Crippen molar-refractivity contribution in [2.45, 2.75) is 52.5 Å². The molecule has 0 radical (unpaired) electrons. The van der Waals surface area contributed by atoms with Gasteiger partial charge in [-0.1, -0.05) is 43.7 Å². The molecule has 5 nitrogen and oxygen atoms in total. The summed E-state index contributed by atoms with van der Waals surface area (Å²) in [6, 6.07) is 8.31. The molecule has 1 atom stereocenters. The molecule has 1 N–H and O–H groups in total. The van der Waals surface area contributed by atoms with Gasteiger partial charge in [0, 0.05) is 19.1 Å². The van der Waals surface area contributed by atoms with Gasteiger partial charge in [0.1, 0.15) is 0 Å². The van der Waals surface area contributed by atoms with E-state index in [2.05, 4.69) is 31.3 Å². The Balaban J connectivity index is 1.94. The first kappa shape index (κ1) is 19.3. The molecule has 1 aromatic carbocycles. The maximum Gasteiger partial charge on any atom is 0.409 e. The smallest absolute Gasteiger partial charge is 0.409 e. The predicted molar refractivity (Wildman–Crippen MR) is 98.5 cm³/mol. The Hall–Kier alpha value is -2.04. The van der Waals surface area contributed by atoms with E-state index in [-0.39, 0.29) is 29.9 Å². The molecule has 1 aliphatic rings. The van der Waals surface area contributed by atoms with Gasteiger partial charge in [-0.25, -0.2) is 4.79 Å². The number of hydrogen-bond donors (Lipinski definition) is 1. The summed E-state index contributed by atoms with van der Waals surface area (Å²) < 4.78 is 5.03. The van der Waals surface area contributed by atoms with E-state index in [1.54, 1.807) is 4.90 Å². The van der Waals surface area contributed by atoms with Crippen molar-refractivity contribution in [3.8, 4) is 0 Å². The average Bonchev–Trinajstić information content (AvgIpc) is 2.57. The Morgan fingerprint density at radius 2 is 1.80 bits per heavy atom. The highest BCUT2D eigenvalue weighted by Gasteiger charge is 2.29. The van der Waals surface area contributed by atoms with Crippen LogP contribution in [0.5, 0.6) is 0 Å². The lowest BCUT2D eigenvalue weighted by molar-refractivity contribution is -0.124. The van der Waals surface area contributed by atoms with Crippen LogP contribution in [0.1, 0.15) is 50.7 Å². The van der Waals surface area contributed by atoms with Crippen molar-refractivity contribution in [3.63, 3.8) is 0 Å². The summed E-state index contributed by atoms with van der Waals surface area (Å²) in [6.07, 6.45) is 1.28. The van der Waals surface area contributed by atoms with Crippen LogP contribution < -0.4 is 5.32 Å². The summed E-state index contributed by atoms with van der Waals surface area (Å²) in [7, 11) is 0. The minimum atomic E-state index is -0.257. The maximum atomic E-state index is 12.8. The number of piperidine rings is 1. The molecule has 0 spiro atoms. The Labute approximate surface area is 150 Å². The number of carbonyl (C=O) groups is 2. The number of ether oxygens (including phenoxy) is 1. The van der Waals surface area contributed by atoms with E-state index in [1.165, 1.54) is 5.56 Å². The topological polar surface area (TPSA) is 58.6 Å². The Bertz CT molecular complexity index is 575. The number of hydrogen-bond acceptors (Lipinski definition) is 3. The molecule has 25 heavy (non-hydrogen) atoms. The van der Waals surface area contributed by atoms with Crippen molar-refractivity contribution in [1.82, 2.24) is 10.2 Å². The number of carbonyl (C=O) groups excluding carboxylic acids is 2. The van der Waals surface area contributed by atoms with Crippen molar-refractivity contribution < 1.29 is 14.3 Å². The fraction of sp³-hybridized carbons (Fsp3) is 0.600. The van der Waals surface area contributed by atoms with Crippen LogP contribution in [-0.2, 0) is 9.53 Å². The lowest BCUT2D eigenvalue weighted by Gasteiger charge is -2.33. The highest BCUT2D eigenvalue weighted by molar-refractivity contribution is 5.84. The summed E-state index contributed by atoms with van der Waals surface area (Å²) in [6.45, 7) is 9.65. The predicted octanol–water partition coefficient (Wildman–Crippen LogP) is 3.47. The molecule has 0 saturated carbocycles. The van der Waals surface area contributed by atoms with E-state index in [0.29, 0.717) is 19.7 Å². The normalized spacial score (nSPS) is 16.6. The first-order valence-electron chi connectivity index (χ1n) is 9.21. The monoisotopic (exact) mass is 346 g/mol. The Morgan fingerprint density at radius 1 is 1.20 bits per heavy atom. The molecule has 1 saturated heterocycles. The number of nitrogens with one attached hydrogen (secondary N) is 1. The van der Waals surface area contributed by atoms with Gasteiger partial charge in [-0.2, -0.15) is 0 Å². The van der Waals surface area contributed by atoms with Crippen molar-refractivity contribution >= 4 is 12.0 Å². The molecule has 1 unspecified atom stereocenters. The van der Waals surface area contributed by atoms with E-state index >= 15 is 0 Å². The van der Waals surface area contributed by atoms with Gasteiger partial charge < -0.3 is 15.0 Å². The molecule has 0 aromatic heterocycles. The first-order valence-corrected chi connectivity index (χ1v) is 9.21. The third kappa shape index (κ3) is 5.21. The third-order valence-corrected chi connectivity index (χ3v) is 4.75. The fourth-order valence-corrected chi connectivity index (χ4v) is 3.32. The second-order valence-electron chi connectivity index (χ2n) is 7.10. The van der Waals surface area contributed by atoms with Crippen molar-refractivity contribution in [2.75, 3.05) is 19.7 Å². The zero-order chi connectivity index (χ0) is 18.4. The summed E-state index contributed by atoms with van der Waals surface area (Å²) >= 11 is 0. The second-order valence-corrected chi connectivity index (χ2v) is 7.10. The summed E-state index contributed by atoms with van der Waals surface area (Å²) in [5.41, 5.74) is 2.25. The van der Waals surface area contributed by atoms with E-state index in [0.717, 1.165) is 18.4 Å². The van der Waals surface area contributed by atoms with Crippen LogP contribution in [0.15, 0.2) is 24.3 Å². The molecule has 1 aliphatic heterocycles. The molecule has 2 amide bonds. The lowest BCUT2D eigenvalue weighted by atomic mass is 9.87. The van der Waals surface area contributed by atoms with Gasteiger partial charge in [0.05, 0.1) is 12.5 Å². The van der Waals surface area contributed by atoms with Crippen molar-refractivity contribution in [3.05, 3.63) is 35.4 Å². The van der Waals surface area contributed by atoms with Crippen molar-refractivity contribution in [2.24, 2.45) is 5.92 Å². The van der Waals surface area contributed by atoms with Crippen molar-refractivity contribution in [1.29, 1.82) is 0 Å². The van der Waals surface area contributed by atoms with Crippen LogP contribution >= 0.6 is 0 Å². The molecule has 138 valence electrons. The van der Waals surface area contributed by atoms with Crippen LogP contribution in [-0.4, -0.2) is 42.6 Å². The molecule has 2 rings (SSSR count). The number of rotatable bonds is 5. The van der Waals surface area contributed by atoms with Crippen LogP contribution in [0.25, 0.3) is 0 Å². The van der Waals surface area contributed by atoms with E-state index < -0.39 is 0 Å². The van der Waals surface area contributed by atoms with E-state index in [9.17, 15) is 9.59 Å². The molecular formula is C20H30N2O3. The largest absolute Gasteiger partial charge is 0.450 e. The van der Waals surface area contributed by atoms with Crippen LogP contribution in [0.4, 0.5) is 4.79 Å². The lowest BCUT2D eigenvalue weighted by Crippen LogP contribution is -2.48. The minimum Gasteiger partial charge on any atom is -0.450 e. The first-order chi connectivity index (χ1) is 11.9.